The first-order valence-electron chi connectivity index (χ1n) is 10.3. The lowest BCUT2D eigenvalue weighted by Gasteiger charge is -2.09. The SMILES string of the molecule is CS(=O)(=O)NC(=O)c1[nH]c2ccccc2c1CCCOc1cccc(-c2ccccc2)c1. The van der Waals surface area contributed by atoms with E-state index in [1.165, 1.54) is 0 Å². The molecule has 1 amide bonds. The second-order valence-corrected chi connectivity index (χ2v) is 9.32. The quantitative estimate of drug-likeness (QED) is 0.388. The number of rotatable bonds is 8. The maximum atomic E-state index is 12.5. The molecule has 0 fully saturated rings. The molecule has 0 aliphatic heterocycles. The molecule has 2 N–H and O–H groups in total. The number of H-pyrrole nitrogens is 1. The lowest BCUT2D eigenvalue weighted by Crippen LogP contribution is -2.30. The summed E-state index contributed by atoms with van der Waals surface area (Å²) in [6, 6.07) is 25.6. The van der Waals surface area contributed by atoms with Gasteiger partial charge in [-0.1, -0.05) is 60.7 Å². The Morgan fingerprint density at radius 1 is 0.938 bits per heavy atom. The van der Waals surface area contributed by atoms with Gasteiger partial charge in [0, 0.05) is 10.9 Å². The number of ether oxygens (including phenoxy) is 1. The van der Waals surface area contributed by atoms with E-state index in [0.717, 1.165) is 39.6 Å². The van der Waals surface area contributed by atoms with Gasteiger partial charge in [-0.05, 0) is 47.7 Å². The van der Waals surface area contributed by atoms with Crippen molar-refractivity contribution in [3.63, 3.8) is 0 Å². The van der Waals surface area contributed by atoms with Crippen molar-refractivity contribution in [2.75, 3.05) is 12.9 Å². The summed E-state index contributed by atoms with van der Waals surface area (Å²) < 4.78 is 31.0. The molecule has 0 saturated heterocycles. The summed E-state index contributed by atoms with van der Waals surface area (Å²) >= 11 is 0. The number of aromatic nitrogens is 1. The monoisotopic (exact) mass is 448 g/mol. The summed E-state index contributed by atoms with van der Waals surface area (Å²) in [5, 5.41) is 0.900. The lowest BCUT2D eigenvalue weighted by molar-refractivity contribution is 0.0976. The molecule has 164 valence electrons. The van der Waals surface area contributed by atoms with E-state index in [4.69, 9.17) is 4.74 Å². The van der Waals surface area contributed by atoms with Gasteiger partial charge in [0.1, 0.15) is 11.4 Å². The molecule has 3 aromatic carbocycles. The van der Waals surface area contributed by atoms with Crippen LogP contribution in [0, 0.1) is 0 Å². The van der Waals surface area contributed by atoms with Crippen molar-refractivity contribution in [3.8, 4) is 16.9 Å². The molecule has 0 bridgehead atoms. The molecule has 0 atom stereocenters. The standard InChI is InChI=1S/C25H24N2O4S/c1-32(29,30)27-25(28)24-22(21-13-5-6-15-23(21)26-24)14-8-16-31-20-12-7-11-19(17-20)18-9-3-2-4-10-18/h2-7,9-13,15,17,26H,8,14,16H2,1H3,(H,27,28). The minimum absolute atomic E-state index is 0.266. The highest BCUT2D eigenvalue weighted by Crippen LogP contribution is 2.26. The highest BCUT2D eigenvalue weighted by atomic mass is 32.2. The number of aromatic amines is 1. The van der Waals surface area contributed by atoms with Crippen LogP contribution in [0.3, 0.4) is 0 Å². The molecule has 0 aliphatic carbocycles. The first-order valence-corrected chi connectivity index (χ1v) is 12.2. The van der Waals surface area contributed by atoms with Gasteiger partial charge in [0.15, 0.2) is 0 Å². The van der Waals surface area contributed by atoms with Gasteiger partial charge >= 0.3 is 0 Å². The van der Waals surface area contributed by atoms with E-state index >= 15 is 0 Å². The van der Waals surface area contributed by atoms with Crippen molar-refractivity contribution >= 4 is 26.8 Å². The van der Waals surface area contributed by atoms with Crippen LogP contribution < -0.4 is 9.46 Å². The zero-order chi connectivity index (χ0) is 22.6. The molecule has 6 nitrogen and oxygen atoms in total. The number of hydrogen-bond acceptors (Lipinski definition) is 4. The smallest absolute Gasteiger partial charge is 0.281 e. The van der Waals surface area contributed by atoms with E-state index in [1.807, 2.05) is 71.5 Å². The van der Waals surface area contributed by atoms with Gasteiger partial charge in [-0.15, -0.1) is 0 Å². The maximum absolute atomic E-state index is 12.5. The number of sulfonamides is 1. The Labute approximate surface area is 187 Å². The number of aryl methyl sites for hydroxylation is 1. The number of fused-ring (bicyclic) bond motifs is 1. The van der Waals surface area contributed by atoms with Gasteiger partial charge in [-0.3, -0.25) is 4.79 Å². The summed E-state index contributed by atoms with van der Waals surface area (Å²) in [5.41, 5.74) is 4.04. The first-order chi connectivity index (χ1) is 15.4. The van der Waals surface area contributed by atoms with E-state index in [-0.39, 0.29) is 5.69 Å². The van der Waals surface area contributed by atoms with Crippen LogP contribution in [0.2, 0.25) is 0 Å². The summed E-state index contributed by atoms with van der Waals surface area (Å²) in [5.74, 6) is 0.121. The van der Waals surface area contributed by atoms with Crippen LogP contribution in [0.25, 0.3) is 22.0 Å². The molecule has 0 radical (unpaired) electrons. The molecule has 1 aromatic heterocycles. The van der Waals surface area contributed by atoms with Gasteiger partial charge in [-0.25, -0.2) is 13.1 Å². The fraction of sp³-hybridized carbons (Fsp3) is 0.160. The second-order valence-electron chi connectivity index (χ2n) is 7.57. The van der Waals surface area contributed by atoms with Crippen molar-refractivity contribution in [3.05, 3.63) is 90.1 Å². The largest absolute Gasteiger partial charge is 0.494 e. The van der Waals surface area contributed by atoms with E-state index in [2.05, 4.69) is 17.1 Å². The topological polar surface area (TPSA) is 88.3 Å². The maximum Gasteiger partial charge on any atom is 0.281 e. The van der Waals surface area contributed by atoms with E-state index < -0.39 is 15.9 Å². The van der Waals surface area contributed by atoms with Crippen LogP contribution in [0.4, 0.5) is 0 Å². The van der Waals surface area contributed by atoms with Crippen LogP contribution in [0.5, 0.6) is 5.75 Å². The Kier molecular flexibility index (Phi) is 6.28. The van der Waals surface area contributed by atoms with Crippen molar-refractivity contribution in [2.45, 2.75) is 12.8 Å². The minimum Gasteiger partial charge on any atom is -0.494 e. The molecule has 4 aromatic rings. The number of carbonyl (C=O) groups is 1. The van der Waals surface area contributed by atoms with Gasteiger partial charge < -0.3 is 9.72 Å². The summed E-state index contributed by atoms with van der Waals surface area (Å²) in [7, 11) is -3.66. The third-order valence-electron chi connectivity index (χ3n) is 5.10. The van der Waals surface area contributed by atoms with E-state index in [9.17, 15) is 13.2 Å². The minimum atomic E-state index is -3.66. The summed E-state index contributed by atoms with van der Waals surface area (Å²) in [4.78, 5) is 15.6. The number of para-hydroxylation sites is 1. The van der Waals surface area contributed by atoms with Crippen molar-refractivity contribution in [1.82, 2.24) is 9.71 Å². The lowest BCUT2D eigenvalue weighted by atomic mass is 10.1. The normalized spacial score (nSPS) is 11.4. The van der Waals surface area contributed by atoms with E-state index in [1.54, 1.807) is 0 Å². The van der Waals surface area contributed by atoms with Crippen LogP contribution in [0.1, 0.15) is 22.5 Å². The molecule has 4 rings (SSSR count). The molecule has 0 aliphatic rings. The fourth-order valence-electron chi connectivity index (χ4n) is 3.71. The Bertz CT molecular complexity index is 1340. The predicted octanol–water partition coefficient (Wildman–Crippen LogP) is 4.54. The van der Waals surface area contributed by atoms with Crippen molar-refractivity contribution < 1.29 is 17.9 Å². The Morgan fingerprint density at radius 2 is 1.66 bits per heavy atom. The second kappa shape index (κ2) is 9.28. The number of benzene rings is 3. The van der Waals surface area contributed by atoms with Crippen LogP contribution >= 0.6 is 0 Å². The number of hydrogen-bond donors (Lipinski definition) is 2. The average molecular weight is 449 g/mol. The van der Waals surface area contributed by atoms with Gasteiger partial charge in [0.05, 0.1) is 12.9 Å². The highest BCUT2D eigenvalue weighted by molar-refractivity contribution is 7.89. The first kappa shape index (κ1) is 21.6. The van der Waals surface area contributed by atoms with Gasteiger partial charge in [-0.2, -0.15) is 0 Å². The zero-order valence-electron chi connectivity index (χ0n) is 17.7. The number of amides is 1. The van der Waals surface area contributed by atoms with E-state index in [0.29, 0.717) is 19.4 Å². The molecular formula is C25H24N2O4S. The Morgan fingerprint density at radius 3 is 2.44 bits per heavy atom. The van der Waals surface area contributed by atoms with Crippen molar-refractivity contribution in [1.29, 1.82) is 0 Å². The molecular weight excluding hydrogens is 424 g/mol. The molecule has 0 unspecified atom stereocenters. The average Bonchev–Trinajstić information content (AvgIpc) is 3.15. The number of carbonyl (C=O) groups excluding carboxylic acids is 1. The molecule has 0 saturated carbocycles. The van der Waals surface area contributed by atoms with Crippen LogP contribution in [-0.4, -0.2) is 32.2 Å². The molecule has 0 spiro atoms. The molecule has 7 heteroatoms. The Hall–Kier alpha value is -3.58. The van der Waals surface area contributed by atoms with Crippen LogP contribution in [0.15, 0.2) is 78.9 Å². The van der Waals surface area contributed by atoms with Crippen molar-refractivity contribution in [2.24, 2.45) is 0 Å². The summed E-state index contributed by atoms with van der Waals surface area (Å²) in [6.45, 7) is 0.463. The molecule has 1 heterocycles. The zero-order valence-corrected chi connectivity index (χ0v) is 18.5. The molecule has 32 heavy (non-hydrogen) atoms. The third-order valence-corrected chi connectivity index (χ3v) is 5.66. The number of nitrogens with one attached hydrogen (secondary N) is 2. The summed E-state index contributed by atoms with van der Waals surface area (Å²) in [6.07, 6.45) is 2.19. The van der Waals surface area contributed by atoms with Gasteiger partial charge in [0.2, 0.25) is 10.0 Å². The Balaban J connectivity index is 1.46. The van der Waals surface area contributed by atoms with Crippen LogP contribution in [-0.2, 0) is 16.4 Å². The fourth-order valence-corrected chi connectivity index (χ4v) is 4.15. The van der Waals surface area contributed by atoms with Gasteiger partial charge in [0.25, 0.3) is 5.91 Å². The predicted molar refractivity (Wildman–Crippen MR) is 126 cm³/mol. The highest BCUT2D eigenvalue weighted by Gasteiger charge is 2.19. The third kappa shape index (κ3) is 5.18.